The Morgan fingerprint density at radius 1 is 1.04 bits per heavy atom. The Labute approximate surface area is 138 Å². The summed E-state index contributed by atoms with van der Waals surface area (Å²) in [6.07, 6.45) is 0. The molecular formula is C17H16ClFN2O2. The molecule has 0 unspecified atom stereocenters. The monoisotopic (exact) mass is 334 g/mol. The average Bonchev–Trinajstić information content (AvgIpc) is 2.54. The Bertz CT molecular complexity index is 734. The van der Waals surface area contributed by atoms with E-state index >= 15 is 0 Å². The summed E-state index contributed by atoms with van der Waals surface area (Å²) in [4.78, 5) is 23.8. The number of carbonyl (C=O) groups is 2. The second-order valence-corrected chi connectivity index (χ2v) is 5.36. The van der Waals surface area contributed by atoms with Gasteiger partial charge >= 0.3 is 0 Å². The predicted octanol–water partition coefficient (Wildman–Crippen LogP) is 2.95. The summed E-state index contributed by atoms with van der Waals surface area (Å²) in [6, 6.07) is 11.0. The van der Waals surface area contributed by atoms with Gasteiger partial charge in [0.1, 0.15) is 5.82 Å². The fourth-order valence-electron chi connectivity index (χ4n) is 1.93. The number of halogens is 2. The molecule has 0 bridgehead atoms. The molecule has 2 aromatic rings. The highest BCUT2D eigenvalue weighted by Gasteiger charge is 2.10. The van der Waals surface area contributed by atoms with Crippen LogP contribution in [0.25, 0.3) is 0 Å². The molecule has 0 aromatic heterocycles. The van der Waals surface area contributed by atoms with Gasteiger partial charge in [-0.25, -0.2) is 4.39 Å². The lowest BCUT2D eigenvalue weighted by molar-refractivity contribution is 0.0927. The lowest BCUT2D eigenvalue weighted by Gasteiger charge is -2.08. The highest BCUT2D eigenvalue weighted by molar-refractivity contribution is 6.33. The fraction of sp³-hybridized carbons (Fsp3) is 0.176. The zero-order valence-electron chi connectivity index (χ0n) is 12.5. The van der Waals surface area contributed by atoms with E-state index in [9.17, 15) is 14.0 Å². The Kier molecular flexibility index (Phi) is 5.71. The topological polar surface area (TPSA) is 58.2 Å². The maximum Gasteiger partial charge on any atom is 0.252 e. The molecule has 2 aromatic carbocycles. The summed E-state index contributed by atoms with van der Waals surface area (Å²) in [5.74, 6) is -1.13. The van der Waals surface area contributed by atoms with Gasteiger partial charge in [-0.1, -0.05) is 29.8 Å². The maximum atomic E-state index is 13.4. The van der Waals surface area contributed by atoms with Crippen molar-refractivity contribution < 1.29 is 14.0 Å². The zero-order chi connectivity index (χ0) is 16.8. The van der Waals surface area contributed by atoms with E-state index < -0.39 is 11.7 Å². The van der Waals surface area contributed by atoms with Crippen LogP contribution in [0.4, 0.5) is 4.39 Å². The van der Waals surface area contributed by atoms with Crippen LogP contribution in [-0.4, -0.2) is 24.9 Å². The van der Waals surface area contributed by atoms with Crippen molar-refractivity contribution in [1.82, 2.24) is 10.6 Å². The largest absolute Gasteiger partial charge is 0.350 e. The summed E-state index contributed by atoms with van der Waals surface area (Å²) in [5.41, 5.74) is 1.10. The molecule has 0 fully saturated rings. The standard InChI is InChI=1S/C17H16ClFN2O2/c1-11-6-7-12(10-15(11)19)16(22)20-8-9-21-17(23)13-4-2-3-5-14(13)18/h2-7,10H,8-9H2,1H3,(H,20,22)(H,21,23). The van der Waals surface area contributed by atoms with Crippen molar-refractivity contribution >= 4 is 23.4 Å². The van der Waals surface area contributed by atoms with Crippen molar-refractivity contribution in [3.05, 3.63) is 70.0 Å². The van der Waals surface area contributed by atoms with Crippen LogP contribution in [-0.2, 0) is 0 Å². The molecule has 0 radical (unpaired) electrons. The molecule has 2 N–H and O–H groups in total. The van der Waals surface area contributed by atoms with Crippen molar-refractivity contribution in [2.75, 3.05) is 13.1 Å². The van der Waals surface area contributed by atoms with Crippen molar-refractivity contribution in [1.29, 1.82) is 0 Å². The highest BCUT2D eigenvalue weighted by Crippen LogP contribution is 2.14. The number of aryl methyl sites for hydroxylation is 1. The quantitative estimate of drug-likeness (QED) is 0.826. The second kappa shape index (κ2) is 7.74. The maximum absolute atomic E-state index is 13.4. The molecule has 0 atom stereocenters. The second-order valence-electron chi connectivity index (χ2n) is 4.96. The normalized spacial score (nSPS) is 10.2. The van der Waals surface area contributed by atoms with Gasteiger partial charge in [0.15, 0.2) is 0 Å². The Hall–Kier alpha value is -2.40. The number of rotatable bonds is 5. The molecule has 2 amide bonds. The minimum atomic E-state index is -0.426. The minimum absolute atomic E-state index is 0.227. The lowest BCUT2D eigenvalue weighted by Crippen LogP contribution is -2.34. The third kappa shape index (κ3) is 4.53. The summed E-state index contributed by atoms with van der Waals surface area (Å²) in [5, 5.41) is 5.63. The van der Waals surface area contributed by atoms with E-state index in [0.717, 1.165) is 0 Å². The van der Waals surface area contributed by atoms with Crippen LogP contribution in [0.15, 0.2) is 42.5 Å². The van der Waals surface area contributed by atoms with Gasteiger partial charge in [-0.2, -0.15) is 0 Å². The number of nitrogens with one attached hydrogen (secondary N) is 2. The van der Waals surface area contributed by atoms with Crippen LogP contribution >= 0.6 is 11.6 Å². The minimum Gasteiger partial charge on any atom is -0.350 e. The first-order valence-electron chi connectivity index (χ1n) is 7.06. The lowest BCUT2D eigenvalue weighted by atomic mass is 10.1. The van der Waals surface area contributed by atoms with Crippen LogP contribution in [0.3, 0.4) is 0 Å². The van der Waals surface area contributed by atoms with Crippen LogP contribution in [0.5, 0.6) is 0 Å². The Balaban J connectivity index is 1.81. The number of hydrogen-bond acceptors (Lipinski definition) is 2. The molecule has 0 spiro atoms. The van der Waals surface area contributed by atoms with E-state index in [4.69, 9.17) is 11.6 Å². The molecule has 0 aliphatic rings. The van der Waals surface area contributed by atoms with Gasteiger partial charge in [0.2, 0.25) is 0 Å². The molecule has 120 valence electrons. The summed E-state index contributed by atoms with van der Waals surface area (Å²) < 4.78 is 13.4. The molecule has 4 nitrogen and oxygen atoms in total. The van der Waals surface area contributed by atoms with Crippen molar-refractivity contribution in [2.24, 2.45) is 0 Å². The molecule has 0 saturated carbocycles. The SMILES string of the molecule is Cc1ccc(C(=O)NCCNC(=O)c2ccccc2Cl)cc1F. The summed E-state index contributed by atoms with van der Waals surface area (Å²) >= 11 is 5.92. The van der Waals surface area contributed by atoms with Gasteiger partial charge in [-0.05, 0) is 36.8 Å². The molecule has 0 aliphatic carbocycles. The molecule has 6 heteroatoms. The van der Waals surface area contributed by atoms with Gasteiger partial charge in [-0.15, -0.1) is 0 Å². The van der Waals surface area contributed by atoms with Crippen LogP contribution < -0.4 is 10.6 Å². The molecule has 2 rings (SSSR count). The molecule has 23 heavy (non-hydrogen) atoms. The van der Waals surface area contributed by atoms with Gasteiger partial charge in [0.05, 0.1) is 10.6 Å². The van der Waals surface area contributed by atoms with E-state index in [1.54, 1.807) is 43.3 Å². The van der Waals surface area contributed by atoms with Crippen molar-refractivity contribution in [2.45, 2.75) is 6.92 Å². The first-order chi connectivity index (χ1) is 11.0. The number of benzene rings is 2. The molecule has 0 aliphatic heterocycles. The number of amides is 2. The van der Waals surface area contributed by atoms with Gasteiger partial charge in [0, 0.05) is 18.7 Å². The van der Waals surface area contributed by atoms with Crippen LogP contribution in [0.2, 0.25) is 5.02 Å². The average molecular weight is 335 g/mol. The third-order valence-corrected chi connectivity index (χ3v) is 3.58. The van der Waals surface area contributed by atoms with Crippen molar-refractivity contribution in [3.63, 3.8) is 0 Å². The Morgan fingerprint density at radius 3 is 2.35 bits per heavy atom. The van der Waals surface area contributed by atoms with E-state index in [-0.39, 0.29) is 24.6 Å². The first kappa shape index (κ1) is 17.0. The van der Waals surface area contributed by atoms with E-state index in [0.29, 0.717) is 16.1 Å². The van der Waals surface area contributed by atoms with Crippen LogP contribution in [0.1, 0.15) is 26.3 Å². The van der Waals surface area contributed by atoms with Gasteiger partial charge < -0.3 is 10.6 Å². The van der Waals surface area contributed by atoms with Crippen LogP contribution in [0, 0.1) is 12.7 Å². The molecule has 0 heterocycles. The zero-order valence-corrected chi connectivity index (χ0v) is 13.3. The number of carbonyl (C=O) groups excluding carboxylic acids is 2. The van der Waals surface area contributed by atoms with E-state index in [1.807, 2.05) is 0 Å². The number of hydrogen-bond donors (Lipinski definition) is 2. The smallest absolute Gasteiger partial charge is 0.252 e. The van der Waals surface area contributed by atoms with Gasteiger partial charge in [0.25, 0.3) is 11.8 Å². The first-order valence-corrected chi connectivity index (χ1v) is 7.44. The predicted molar refractivity (Wildman–Crippen MR) is 87.3 cm³/mol. The Morgan fingerprint density at radius 2 is 1.70 bits per heavy atom. The fourth-order valence-corrected chi connectivity index (χ4v) is 2.15. The van der Waals surface area contributed by atoms with Gasteiger partial charge in [-0.3, -0.25) is 9.59 Å². The molecule has 0 saturated heterocycles. The summed E-state index contributed by atoms with van der Waals surface area (Å²) in [6.45, 7) is 2.09. The van der Waals surface area contributed by atoms with E-state index in [2.05, 4.69) is 10.6 Å². The van der Waals surface area contributed by atoms with Crippen molar-refractivity contribution in [3.8, 4) is 0 Å². The van der Waals surface area contributed by atoms with E-state index in [1.165, 1.54) is 6.07 Å². The highest BCUT2D eigenvalue weighted by atomic mass is 35.5. The summed E-state index contributed by atoms with van der Waals surface area (Å²) in [7, 11) is 0. The third-order valence-electron chi connectivity index (χ3n) is 3.25. The molecular weight excluding hydrogens is 319 g/mol.